The highest BCUT2D eigenvalue weighted by molar-refractivity contribution is 8.31. The lowest BCUT2D eigenvalue weighted by Gasteiger charge is -2.19. The molecule has 0 bridgehead atoms. The van der Waals surface area contributed by atoms with Gasteiger partial charge in [-0.2, -0.15) is 21.6 Å². The molecule has 1 aliphatic rings. The fourth-order valence-corrected chi connectivity index (χ4v) is 1.62. The molecule has 0 heterocycles. The molecule has 0 saturated heterocycles. The van der Waals surface area contributed by atoms with Crippen LogP contribution in [0, 0.1) is 0 Å². The van der Waals surface area contributed by atoms with E-state index in [0.717, 1.165) is 0 Å². The molecule has 1 aliphatic carbocycles. The van der Waals surface area contributed by atoms with Crippen LogP contribution in [-0.2, 0) is 13.7 Å². The maximum Gasteiger partial charge on any atom is 0.398 e. The van der Waals surface area contributed by atoms with E-state index in [9.17, 15) is 13.2 Å². The summed E-state index contributed by atoms with van der Waals surface area (Å²) in [6.45, 7) is 0. The first kappa shape index (κ1) is 15.6. The average molecular weight is 321 g/mol. The quantitative estimate of drug-likeness (QED) is 0.733. The molecule has 0 amide bonds. The van der Waals surface area contributed by atoms with Gasteiger partial charge in [0.1, 0.15) is 0 Å². The highest BCUT2D eigenvalue weighted by Gasteiger charge is 2.63. The Labute approximate surface area is 112 Å². The molecule has 2 rings (SSSR count). The molecule has 0 radical (unpaired) electrons. The zero-order valence-corrected chi connectivity index (χ0v) is 11.2. The van der Waals surface area contributed by atoms with Crippen molar-refractivity contribution in [2.24, 2.45) is 0 Å². The predicted octanol–water partition coefficient (Wildman–Crippen LogP) is 3.99. The Hall–Kier alpha value is -0.460. The Morgan fingerprint density at radius 2 is 1.44 bits per heavy atom. The van der Waals surface area contributed by atoms with Gasteiger partial charge in [0.05, 0.1) is 5.41 Å². The fraction of sp³-hybridized carbons (Fsp3) is 0.400. The number of hydrogen-bond acceptors (Lipinski definition) is 2. The van der Waals surface area contributed by atoms with Gasteiger partial charge in [-0.3, -0.25) is 0 Å². The Morgan fingerprint density at radius 3 is 1.72 bits per heavy atom. The Bertz CT molecular complexity index is 488. The van der Waals surface area contributed by atoms with Gasteiger partial charge in [0.15, 0.2) is 0 Å². The second-order valence-electron chi connectivity index (χ2n) is 3.82. The van der Waals surface area contributed by atoms with E-state index >= 15 is 0 Å². The Balaban J connectivity index is 0.000000280. The molecular formula is C10H9Cl2F3O2S. The van der Waals surface area contributed by atoms with Gasteiger partial charge >= 0.3 is 14.4 Å². The molecule has 0 aromatic heterocycles. The summed E-state index contributed by atoms with van der Waals surface area (Å²) in [7, 11) is 4.81. The zero-order chi connectivity index (χ0) is 14.0. The molecule has 0 unspecified atom stereocenters. The summed E-state index contributed by atoms with van der Waals surface area (Å²) in [6, 6.07) is 8.15. The largest absolute Gasteiger partial charge is 0.398 e. The Morgan fingerprint density at radius 1 is 1.06 bits per heavy atom. The second kappa shape index (κ2) is 5.27. The smallest absolute Gasteiger partial charge is 0.195 e. The van der Waals surface area contributed by atoms with Gasteiger partial charge in [-0.15, -0.1) is 0 Å². The maximum absolute atomic E-state index is 12.6. The number of rotatable bonds is 1. The first-order valence-electron chi connectivity index (χ1n) is 4.83. The molecule has 1 saturated carbocycles. The van der Waals surface area contributed by atoms with Gasteiger partial charge in [0.25, 0.3) is 0 Å². The van der Waals surface area contributed by atoms with Gasteiger partial charge in [0, 0.05) is 21.4 Å². The van der Waals surface area contributed by atoms with Gasteiger partial charge in [0.2, 0.25) is 0 Å². The number of benzene rings is 1. The lowest BCUT2D eigenvalue weighted by atomic mass is 9.96. The molecule has 0 aliphatic heterocycles. The van der Waals surface area contributed by atoms with E-state index < -0.39 is 19.9 Å². The van der Waals surface area contributed by atoms with Crippen molar-refractivity contribution in [3.05, 3.63) is 35.9 Å². The summed E-state index contributed by atoms with van der Waals surface area (Å²) in [4.78, 5) is 0. The number of hydrogen-bond donors (Lipinski definition) is 0. The van der Waals surface area contributed by atoms with Crippen LogP contribution in [0.5, 0.6) is 0 Å². The molecule has 0 spiro atoms. The second-order valence-corrected chi connectivity index (χ2v) is 7.49. The van der Waals surface area contributed by atoms with Crippen molar-refractivity contribution < 1.29 is 21.6 Å². The number of halogens is 5. The molecule has 1 fully saturated rings. The first-order chi connectivity index (χ1) is 8.06. The van der Waals surface area contributed by atoms with Crippen molar-refractivity contribution in [2.75, 3.05) is 0 Å². The minimum Gasteiger partial charge on any atom is -0.195 e. The Kier molecular flexibility index (Phi) is 4.56. The van der Waals surface area contributed by atoms with Gasteiger partial charge in [-0.25, -0.2) is 0 Å². The minimum absolute atomic E-state index is 0.237. The lowest BCUT2D eigenvalue weighted by Crippen LogP contribution is -2.28. The van der Waals surface area contributed by atoms with Gasteiger partial charge < -0.3 is 0 Å². The summed E-state index contributed by atoms with van der Waals surface area (Å²) in [5.74, 6) is 0. The monoisotopic (exact) mass is 320 g/mol. The molecule has 18 heavy (non-hydrogen) atoms. The topological polar surface area (TPSA) is 34.1 Å². The molecule has 1 aromatic carbocycles. The van der Waals surface area contributed by atoms with Crippen LogP contribution in [0.15, 0.2) is 30.3 Å². The van der Waals surface area contributed by atoms with Crippen LogP contribution in [0.25, 0.3) is 0 Å². The zero-order valence-electron chi connectivity index (χ0n) is 8.92. The summed E-state index contributed by atoms with van der Waals surface area (Å²) >= 11 is 0. The highest BCUT2D eigenvalue weighted by Crippen LogP contribution is 2.58. The van der Waals surface area contributed by atoms with Crippen molar-refractivity contribution in [1.29, 1.82) is 0 Å². The molecule has 1 aromatic rings. The van der Waals surface area contributed by atoms with E-state index in [1.807, 2.05) is 0 Å². The van der Waals surface area contributed by atoms with Crippen molar-refractivity contribution >= 4 is 29.6 Å². The summed E-state index contributed by atoms with van der Waals surface area (Å²) in [5, 5.41) is 0. The maximum atomic E-state index is 12.6. The third kappa shape index (κ3) is 4.33. The van der Waals surface area contributed by atoms with E-state index in [1.54, 1.807) is 30.3 Å². The standard InChI is InChI=1S/C10H9F3.Cl2O2S/c11-10(12,13)9(6-7-9)8-4-2-1-3-5-8;1-5(2,3)4/h1-5H,6-7H2;. The van der Waals surface area contributed by atoms with Crippen LogP contribution in [-0.4, -0.2) is 14.6 Å². The summed E-state index contributed by atoms with van der Waals surface area (Å²) in [6.07, 6.45) is -3.62. The summed E-state index contributed by atoms with van der Waals surface area (Å²) < 4.78 is 56.1. The van der Waals surface area contributed by atoms with Gasteiger partial charge in [-0.05, 0) is 18.4 Å². The predicted molar refractivity (Wildman–Crippen MR) is 64.0 cm³/mol. The lowest BCUT2D eigenvalue weighted by molar-refractivity contribution is -0.160. The van der Waals surface area contributed by atoms with E-state index in [-0.39, 0.29) is 12.8 Å². The number of alkyl halides is 3. The third-order valence-corrected chi connectivity index (χ3v) is 2.62. The van der Waals surface area contributed by atoms with E-state index in [2.05, 4.69) is 21.4 Å². The van der Waals surface area contributed by atoms with Crippen LogP contribution >= 0.6 is 21.4 Å². The third-order valence-electron chi connectivity index (χ3n) is 2.62. The van der Waals surface area contributed by atoms with Gasteiger partial charge in [-0.1, -0.05) is 30.3 Å². The molecule has 0 atom stereocenters. The summed E-state index contributed by atoms with van der Waals surface area (Å²) in [5.41, 5.74) is -1.11. The van der Waals surface area contributed by atoms with Crippen LogP contribution in [0.2, 0.25) is 0 Å². The molecule has 8 heteroatoms. The average Bonchev–Trinajstić information content (AvgIpc) is 2.95. The highest BCUT2D eigenvalue weighted by atomic mass is 36.0. The van der Waals surface area contributed by atoms with Crippen molar-refractivity contribution in [1.82, 2.24) is 0 Å². The molecule has 2 nitrogen and oxygen atoms in total. The van der Waals surface area contributed by atoms with Crippen LogP contribution in [0.4, 0.5) is 13.2 Å². The SMILES string of the molecule is FC(F)(F)C1(c2ccccc2)CC1.O=S(=O)(Cl)Cl. The van der Waals surface area contributed by atoms with Crippen LogP contribution in [0.3, 0.4) is 0 Å². The van der Waals surface area contributed by atoms with Crippen molar-refractivity contribution in [3.63, 3.8) is 0 Å². The van der Waals surface area contributed by atoms with Crippen molar-refractivity contribution in [2.45, 2.75) is 24.4 Å². The van der Waals surface area contributed by atoms with Crippen LogP contribution in [0.1, 0.15) is 18.4 Å². The minimum atomic E-state index is -4.09. The molecule has 0 N–H and O–H groups in total. The van der Waals surface area contributed by atoms with E-state index in [4.69, 9.17) is 8.42 Å². The fourth-order valence-electron chi connectivity index (χ4n) is 1.62. The molecular weight excluding hydrogens is 312 g/mol. The van der Waals surface area contributed by atoms with E-state index in [0.29, 0.717) is 5.56 Å². The molecule has 102 valence electrons. The normalized spacial score (nSPS) is 17.6. The first-order valence-corrected chi connectivity index (χ1v) is 7.96. The van der Waals surface area contributed by atoms with E-state index in [1.165, 1.54) is 0 Å². The van der Waals surface area contributed by atoms with Crippen molar-refractivity contribution in [3.8, 4) is 0 Å². The van der Waals surface area contributed by atoms with Crippen LogP contribution < -0.4 is 0 Å².